The number of carbonyl (C=O) groups is 1. The van der Waals surface area contributed by atoms with Crippen LogP contribution in [0.1, 0.15) is 12.1 Å². The van der Waals surface area contributed by atoms with Crippen molar-refractivity contribution in [3.63, 3.8) is 0 Å². The number of nitrogens with zero attached hydrogens (tertiary/aromatic N) is 3. The normalized spacial score (nSPS) is 11.0. The zero-order valence-electron chi connectivity index (χ0n) is 12.3. The Morgan fingerprint density at radius 1 is 1.41 bits per heavy atom. The van der Waals surface area contributed by atoms with Crippen molar-refractivity contribution in [1.82, 2.24) is 14.6 Å². The lowest BCUT2D eigenvalue weighted by Crippen LogP contribution is -2.11. The molecule has 0 bridgehead atoms. The van der Waals surface area contributed by atoms with Crippen LogP contribution in [0, 0.1) is 6.92 Å². The number of fused-ring (bicyclic) bond motifs is 3. The molecule has 114 valence electrons. The van der Waals surface area contributed by atoms with Crippen molar-refractivity contribution in [2.45, 2.75) is 13.3 Å². The largest absolute Gasteiger partial charge is 0.469 e. The second kappa shape index (κ2) is 5.81. The number of carbonyl (C=O) groups excluding carboxylic acids is 1. The highest BCUT2D eigenvalue weighted by Gasteiger charge is 2.14. The molecule has 3 rings (SSSR count). The monoisotopic (exact) mass is 318 g/mol. The highest BCUT2D eigenvalue weighted by molar-refractivity contribution is 6.34. The van der Waals surface area contributed by atoms with E-state index in [4.69, 9.17) is 11.6 Å². The molecule has 7 heteroatoms. The Hall–Kier alpha value is -2.34. The van der Waals surface area contributed by atoms with E-state index in [1.165, 1.54) is 7.11 Å². The highest BCUT2D eigenvalue weighted by atomic mass is 35.5. The Morgan fingerprint density at radius 3 is 2.95 bits per heavy atom. The first-order valence-corrected chi connectivity index (χ1v) is 7.24. The maximum absolute atomic E-state index is 11.2. The van der Waals surface area contributed by atoms with Crippen LogP contribution in [0.4, 0.5) is 5.82 Å². The SMILES string of the molecule is COC(=O)CCNc1nc2c(Cl)c(C)nn2c2ccccc12. The summed E-state index contributed by atoms with van der Waals surface area (Å²) in [5.74, 6) is 0.407. The van der Waals surface area contributed by atoms with Gasteiger partial charge in [-0.3, -0.25) is 4.79 Å². The number of aromatic nitrogens is 3. The van der Waals surface area contributed by atoms with E-state index in [0.29, 0.717) is 23.0 Å². The van der Waals surface area contributed by atoms with Gasteiger partial charge < -0.3 is 10.1 Å². The van der Waals surface area contributed by atoms with E-state index in [0.717, 1.165) is 16.6 Å². The van der Waals surface area contributed by atoms with Crippen LogP contribution < -0.4 is 5.32 Å². The summed E-state index contributed by atoms with van der Waals surface area (Å²) in [6.45, 7) is 2.28. The first-order valence-electron chi connectivity index (χ1n) is 6.86. The molecule has 0 atom stereocenters. The molecule has 1 N–H and O–H groups in total. The number of hydrogen-bond acceptors (Lipinski definition) is 5. The number of methoxy groups -OCH3 is 1. The molecule has 0 aliphatic heterocycles. The van der Waals surface area contributed by atoms with Gasteiger partial charge in [-0.1, -0.05) is 23.7 Å². The number of rotatable bonds is 4. The molecule has 0 saturated carbocycles. The van der Waals surface area contributed by atoms with Crippen molar-refractivity contribution >= 4 is 39.9 Å². The molecule has 0 aliphatic rings. The number of para-hydroxylation sites is 1. The van der Waals surface area contributed by atoms with Gasteiger partial charge in [-0.25, -0.2) is 9.50 Å². The number of aryl methyl sites for hydroxylation is 1. The maximum atomic E-state index is 11.2. The smallest absolute Gasteiger partial charge is 0.307 e. The molecule has 3 aromatic rings. The van der Waals surface area contributed by atoms with Crippen LogP contribution >= 0.6 is 11.6 Å². The minimum atomic E-state index is -0.267. The minimum Gasteiger partial charge on any atom is -0.469 e. The summed E-state index contributed by atoms with van der Waals surface area (Å²) < 4.78 is 6.37. The predicted octanol–water partition coefficient (Wildman–Crippen LogP) is 2.82. The van der Waals surface area contributed by atoms with E-state index in [9.17, 15) is 4.79 Å². The zero-order valence-corrected chi connectivity index (χ0v) is 13.0. The van der Waals surface area contributed by atoms with Crippen LogP contribution in [-0.4, -0.2) is 34.2 Å². The topological polar surface area (TPSA) is 68.5 Å². The molecular formula is C15H15ClN4O2. The molecule has 0 unspecified atom stereocenters. The van der Waals surface area contributed by atoms with E-state index < -0.39 is 0 Å². The van der Waals surface area contributed by atoms with Crippen LogP contribution in [0.15, 0.2) is 24.3 Å². The quantitative estimate of drug-likeness (QED) is 0.749. The minimum absolute atomic E-state index is 0.267. The lowest BCUT2D eigenvalue weighted by molar-refractivity contribution is -0.140. The second-order valence-corrected chi connectivity index (χ2v) is 5.24. The predicted molar refractivity (Wildman–Crippen MR) is 85.4 cm³/mol. The molecule has 0 fully saturated rings. The second-order valence-electron chi connectivity index (χ2n) is 4.87. The van der Waals surface area contributed by atoms with Gasteiger partial charge in [0.2, 0.25) is 0 Å². The van der Waals surface area contributed by atoms with Crippen molar-refractivity contribution in [1.29, 1.82) is 0 Å². The van der Waals surface area contributed by atoms with Crippen LogP contribution in [0.3, 0.4) is 0 Å². The zero-order chi connectivity index (χ0) is 15.7. The van der Waals surface area contributed by atoms with Gasteiger partial charge in [0.15, 0.2) is 5.65 Å². The van der Waals surface area contributed by atoms with Gasteiger partial charge in [0.05, 0.1) is 24.7 Å². The summed E-state index contributed by atoms with van der Waals surface area (Å²) in [6.07, 6.45) is 0.268. The molecule has 2 heterocycles. The molecular weight excluding hydrogens is 304 g/mol. The molecule has 0 radical (unpaired) electrons. The summed E-state index contributed by atoms with van der Waals surface area (Å²) >= 11 is 6.27. The van der Waals surface area contributed by atoms with Crippen molar-refractivity contribution in [2.24, 2.45) is 0 Å². The average molecular weight is 319 g/mol. The van der Waals surface area contributed by atoms with Crippen molar-refractivity contribution in [3.05, 3.63) is 35.0 Å². The highest BCUT2D eigenvalue weighted by Crippen LogP contribution is 2.28. The molecule has 0 saturated heterocycles. The third-order valence-corrected chi connectivity index (χ3v) is 3.86. The van der Waals surface area contributed by atoms with Gasteiger partial charge in [-0.2, -0.15) is 5.10 Å². The van der Waals surface area contributed by atoms with Crippen LogP contribution in [0.25, 0.3) is 16.6 Å². The Labute approximate surface area is 132 Å². The van der Waals surface area contributed by atoms with E-state index in [1.807, 2.05) is 31.2 Å². The standard InChI is InChI=1S/C15H15ClN4O2/c1-9-13(16)15-18-14(17-8-7-12(21)22-2)10-5-3-4-6-11(10)20(15)19-9/h3-6H,7-8H2,1-2H3,(H,17,18). The molecule has 1 aromatic carbocycles. The average Bonchev–Trinajstić information content (AvgIpc) is 2.83. The van der Waals surface area contributed by atoms with Crippen molar-refractivity contribution in [3.8, 4) is 0 Å². The molecule has 6 nitrogen and oxygen atoms in total. The lowest BCUT2D eigenvalue weighted by atomic mass is 10.2. The fraction of sp³-hybridized carbons (Fsp3) is 0.267. The van der Waals surface area contributed by atoms with E-state index in [1.54, 1.807) is 4.52 Å². The van der Waals surface area contributed by atoms with E-state index in [2.05, 4.69) is 20.1 Å². The number of halogens is 1. The number of benzene rings is 1. The van der Waals surface area contributed by atoms with Gasteiger partial charge in [0.25, 0.3) is 0 Å². The van der Waals surface area contributed by atoms with Crippen LogP contribution in [0.2, 0.25) is 5.02 Å². The molecule has 0 spiro atoms. The van der Waals surface area contributed by atoms with E-state index >= 15 is 0 Å². The fourth-order valence-corrected chi connectivity index (χ4v) is 2.47. The van der Waals surface area contributed by atoms with Gasteiger partial charge in [-0.15, -0.1) is 0 Å². The Morgan fingerprint density at radius 2 is 2.18 bits per heavy atom. The first-order chi connectivity index (χ1) is 10.6. The number of ether oxygens (including phenoxy) is 1. The number of esters is 1. The third-order valence-electron chi connectivity index (χ3n) is 3.42. The summed E-state index contributed by atoms with van der Waals surface area (Å²) in [6, 6.07) is 7.77. The summed E-state index contributed by atoms with van der Waals surface area (Å²) in [5, 5.41) is 9.04. The Kier molecular flexibility index (Phi) is 3.85. The van der Waals surface area contributed by atoms with E-state index in [-0.39, 0.29) is 12.4 Å². The van der Waals surface area contributed by atoms with Gasteiger partial charge in [0, 0.05) is 11.9 Å². The lowest BCUT2D eigenvalue weighted by Gasteiger charge is -2.10. The summed E-state index contributed by atoms with van der Waals surface area (Å²) in [4.78, 5) is 15.8. The maximum Gasteiger partial charge on any atom is 0.307 e. The Balaban J connectivity index is 2.07. The van der Waals surface area contributed by atoms with Crippen LogP contribution in [0.5, 0.6) is 0 Å². The molecule has 0 aliphatic carbocycles. The molecule has 22 heavy (non-hydrogen) atoms. The fourth-order valence-electron chi connectivity index (χ4n) is 2.30. The van der Waals surface area contributed by atoms with Crippen LogP contribution in [-0.2, 0) is 9.53 Å². The Bertz CT molecular complexity index is 859. The van der Waals surface area contributed by atoms with Crippen molar-refractivity contribution < 1.29 is 9.53 Å². The summed E-state index contributed by atoms with van der Waals surface area (Å²) in [7, 11) is 1.37. The number of nitrogens with one attached hydrogen (secondary N) is 1. The van der Waals surface area contributed by atoms with Gasteiger partial charge in [-0.05, 0) is 19.1 Å². The van der Waals surface area contributed by atoms with Gasteiger partial charge >= 0.3 is 5.97 Å². The number of anilines is 1. The van der Waals surface area contributed by atoms with Crippen molar-refractivity contribution in [2.75, 3.05) is 19.0 Å². The molecule has 2 aromatic heterocycles. The first kappa shape index (κ1) is 14.6. The summed E-state index contributed by atoms with van der Waals surface area (Å²) in [5.41, 5.74) is 2.23. The third kappa shape index (κ3) is 2.46. The molecule has 0 amide bonds. The number of hydrogen-bond donors (Lipinski definition) is 1. The van der Waals surface area contributed by atoms with Gasteiger partial charge in [0.1, 0.15) is 10.8 Å².